The third-order valence-electron chi connectivity index (χ3n) is 2.27. The predicted molar refractivity (Wildman–Crippen MR) is 62.5 cm³/mol. The van der Waals surface area contributed by atoms with E-state index < -0.39 is 21.4 Å². The first-order valence-electron chi connectivity index (χ1n) is 5.17. The number of aliphatic hydroxyl groups is 1. The van der Waals surface area contributed by atoms with Gasteiger partial charge in [-0.3, -0.25) is 0 Å². The summed E-state index contributed by atoms with van der Waals surface area (Å²) in [5, 5.41) is 8.82. The van der Waals surface area contributed by atoms with E-state index in [1.807, 2.05) is 0 Å². The zero-order valence-corrected chi connectivity index (χ0v) is 10.6. The maximum atomic E-state index is 12.7. The lowest BCUT2D eigenvalue weighted by molar-refractivity contribution is 0.246. The molecule has 0 bridgehead atoms. The molecule has 0 spiro atoms. The van der Waals surface area contributed by atoms with Crippen LogP contribution in [0.25, 0.3) is 0 Å². The topological polar surface area (TPSA) is 66.4 Å². The highest BCUT2D eigenvalue weighted by molar-refractivity contribution is 7.89. The fourth-order valence-corrected chi connectivity index (χ4v) is 2.81. The summed E-state index contributed by atoms with van der Waals surface area (Å²) in [7, 11) is -3.68. The van der Waals surface area contributed by atoms with Crippen LogP contribution in [0.15, 0.2) is 29.2 Å². The van der Waals surface area contributed by atoms with E-state index in [1.165, 1.54) is 12.1 Å². The van der Waals surface area contributed by atoms with Gasteiger partial charge in [0.2, 0.25) is 10.0 Å². The summed E-state index contributed by atoms with van der Waals surface area (Å²) in [4.78, 5) is 0.00455. The first-order valence-corrected chi connectivity index (χ1v) is 6.65. The molecule has 2 N–H and O–H groups in total. The van der Waals surface area contributed by atoms with E-state index in [2.05, 4.69) is 4.72 Å². The molecule has 1 aromatic carbocycles. The van der Waals surface area contributed by atoms with E-state index in [4.69, 9.17) is 5.11 Å². The highest BCUT2D eigenvalue weighted by atomic mass is 32.2. The molecule has 96 valence electrons. The molecule has 1 rings (SSSR count). The van der Waals surface area contributed by atoms with Crippen molar-refractivity contribution >= 4 is 10.0 Å². The quantitative estimate of drug-likeness (QED) is 0.838. The number of hydrogen-bond acceptors (Lipinski definition) is 3. The van der Waals surface area contributed by atoms with E-state index in [9.17, 15) is 12.8 Å². The van der Waals surface area contributed by atoms with Crippen LogP contribution in [0.1, 0.15) is 20.3 Å². The molecular formula is C11H16FNO3S. The molecule has 1 aromatic rings. The van der Waals surface area contributed by atoms with Gasteiger partial charge in [-0.25, -0.2) is 17.5 Å². The van der Waals surface area contributed by atoms with E-state index in [1.54, 1.807) is 13.8 Å². The Morgan fingerprint density at radius 1 is 1.29 bits per heavy atom. The molecule has 0 saturated heterocycles. The molecule has 0 amide bonds. The molecular weight excluding hydrogens is 245 g/mol. The first kappa shape index (κ1) is 14.1. The largest absolute Gasteiger partial charge is 0.396 e. The molecule has 0 aliphatic heterocycles. The molecule has 0 radical (unpaired) electrons. The molecule has 0 atom stereocenters. The Morgan fingerprint density at radius 2 is 1.82 bits per heavy atom. The van der Waals surface area contributed by atoms with Crippen molar-refractivity contribution in [3.63, 3.8) is 0 Å². The smallest absolute Gasteiger partial charge is 0.241 e. The standard InChI is InChI=1S/C11H16FNO3S/c1-11(2,7-8-14)13-17(15,16)10-5-3-9(12)4-6-10/h3-6,13-14H,7-8H2,1-2H3. The minimum absolute atomic E-state index is 0.00455. The predicted octanol–water partition coefficient (Wildman–Crippen LogP) is 1.26. The summed E-state index contributed by atoms with van der Waals surface area (Å²) in [5.41, 5.74) is -0.748. The summed E-state index contributed by atoms with van der Waals surface area (Å²) >= 11 is 0. The average molecular weight is 261 g/mol. The summed E-state index contributed by atoms with van der Waals surface area (Å²) in [6.45, 7) is 3.23. The molecule has 0 aliphatic carbocycles. The van der Waals surface area contributed by atoms with Gasteiger partial charge in [-0.2, -0.15) is 0 Å². The average Bonchev–Trinajstić information content (AvgIpc) is 2.16. The van der Waals surface area contributed by atoms with Crippen LogP contribution in [-0.2, 0) is 10.0 Å². The fourth-order valence-electron chi connectivity index (χ4n) is 1.37. The number of halogens is 1. The van der Waals surface area contributed by atoms with Crippen molar-refractivity contribution in [2.45, 2.75) is 30.7 Å². The van der Waals surface area contributed by atoms with Crippen LogP contribution >= 0.6 is 0 Å². The molecule has 0 heterocycles. The van der Waals surface area contributed by atoms with Gasteiger partial charge in [0.15, 0.2) is 0 Å². The minimum Gasteiger partial charge on any atom is -0.396 e. The Morgan fingerprint density at radius 3 is 2.29 bits per heavy atom. The van der Waals surface area contributed by atoms with Gasteiger partial charge >= 0.3 is 0 Å². The van der Waals surface area contributed by atoms with Gasteiger partial charge in [0, 0.05) is 12.1 Å². The first-order chi connectivity index (χ1) is 7.77. The highest BCUT2D eigenvalue weighted by Gasteiger charge is 2.25. The van der Waals surface area contributed by atoms with Crippen LogP contribution in [0.5, 0.6) is 0 Å². The van der Waals surface area contributed by atoms with Crippen molar-refractivity contribution in [1.29, 1.82) is 0 Å². The number of hydrogen-bond donors (Lipinski definition) is 2. The Kier molecular flexibility index (Phi) is 4.24. The lowest BCUT2D eigenvalue weighted by atomic mass is 10.0. The van der Waals surface area contributed by atoms with Crippen LogP contribution < -0.4 is 4.72 Å². The fraction of sp³-hybridized carbons (Fsp3) is 0.455. The van der Waals surface area contributed by atoms with Crippen molar-refractivity contribution in [3.8, 4) is 0 Å². The van der Waals surface area contributed by atoms with Crippen LogP contribution in [0, 0.1) is 5.82 Å². The number of rotatable bonds is 5. The molecule has 0 saturated carbocycles. The maximum absolute atomic E-state index is 12.7. The zero-order chi connectivity index (χ0) is 13.1. The molecule has 0 aliphatic rings. The van der Waals surface area contributed by atoms with Crippen LogP contribution in [-0.4, -0.2) is 25.7 Å². The van der Waals surface area contributed by atoms with Gasteiger partial charge in [0.1, 0.15) is 5.82 Å². The molecule has 17 heavy (non-hydrogen) atoms. The van der Waals surface area contributed by atoms with E-state index >= 15 is 0 Å². The second-order valence-corrected chi connectivity index (χ2v) is 6.10. The second-order valence-electron chi connectivity index (χ2n) is 4.42. The molecule has 0 aromatic heterocycles. The van der Waals surface area contributed by atoms with E-state index in [0.717, 1.165) is 12.1 Å². The number of nitrogens with one attached hydrogen (secondary N) is 1. The zero-order valence-electron chi connectivity index (χ0n) is 9.77. The Hall–Kier alpha value is -0.980. The van der Waals surface area contributed by atoms with Gasteiger partial charge in [0.25, 0.3) is 0 Å². The van der Waals surface area contributed by atoms with Crippen molar-refractivity contribution in [2.75, 3.05) is 6.61 Å². The van der Waals surface area contributed by atoms with Gasteiger partial charge in [-0.1, -0.05) is 0 Å². The molecule has 0 fully saturated rings. The lowest BCUT2D eigenvalue weighted by Gasteiger charge is -2.24. The monoisotopic (exact) mass is 261 g/mol. The Balaban J connectivity index is 2.93. The lowest BCUT2D eigenvalue weighted by Crippen LogP contribution is -2.43. The van der Waals surface area contributed by atoms with Crippen molar-refractivity contribution in [2.24, 2.45) is 0 Å². The van der Waals surface area contributed by atoms with Gasteiger partial charge in [0.05, 0.1) is 4.90 Å². The second kappa shape index (κ2) is 5.12. The van der Waals surface area contributed by atoms with E-state index in [-0.39, 0.29) is 11.5 Å². The number of sulfonamides is 1. The van der Waals surface area contributed by atoms with Crippen molar-refractivity contribution in [3.05, 3.63) is 30.1 Å². The number of benzene rings is 1. The molecule has 0 unspecified atom stereocenters. The third kappa shape index (κ3) is 4.07. The van der Waals surface area contributed by atoms with Crippen LogP contribution in [0.4, 0.5) is 4.39 Å². The van der Waals surface area contributed by atoms with Gasteiger partial charge in [-0.05, 0) is 44.5 Å². The summed E-state index contributed by atoms with van der Waals surface area (Å²) in [5.74, 6) is -0.487. The minimum atomic E-state index is -3.68. The molecule has 4 nitrogen and oxygen atoms in total. The van der Waals surface area contributed by atoms with E-state index in [0.29, 0.717) is 6.42 Å². The SMILES string of the molecule is CC(C)(CCO)NS(=O)(=O)c1ccc(F)cc1. The normalized spacial score (nSPS) is 12.7. The van der Waals surface area contributed by atoms with Crippen LogP contribution in [0.3, 0.4) is 0 Å². The van der Waals surface area contributed by atoms with Crippen molar-refractivity contribution in [1.82, 2.24) is 4.72 Å². The maximum Gasteiger partial charge on any atom is 0.241 e. The molecule has 6 heteroatoms. The van der Waals surface area contributed by atoms with Crippen LogP contribution in [0.2, 0.25) is 0 Å². The summed E-state index contributed by atoms with van der Waals surface area (Å²) < 4.78 is 39.0. The van der Waals surface area contributed by atoms with Gasteiger partial charge < -0.3 is 5.11 Å². The van der Waals surface area contributed by atoms with Crippen molar-refractivity contribution < 1.29 is 17.9 Å². The highest BCUT2D eigenvalue weighted by Crippen LogP contribution is 2.15. The third-order valence-corrected chi connectivity index (χ3v) is 3.99. The Labute approximate surface area is 101 Å². The summed E-state index contributed by atoms with van der Waals surface area (Å²) in [6.07, 6.45) is 0.299. The Bertz CT molecular complexity index is 468. The van der Waals surface area contributed by atoms with Gasteiger partial charge in [-0.15, -0.1) is 0 Å². The summed E-state index contributed by atoms with van der Waals surface area (Å²) in [6, 6.07) is 4.58. The number of aliphatic hydroxyl groups excluding tert-OH is 1.